The molecule has 0 amide bonds. The summed E-state index contributed by atoms with van der Waals surface area (Å²) >= 11 is 1.99. The second-order valence-electron chi connectivity index (χ2n) is 9.35. The predicted molar refractivity (Wildman–Crippen MR) is 127 cm³/mol. The van der Waals surface area contributed by atoms with Crippen LogP contribution in [-0.4, -0.2) is 29.4 Å². The zero-order valence-corrected chi connectivity index (χ0v) is 19.1. The highest BCUT2D eigenvalue weighted by molar-refractivity contribution is 7.19. The number of nitrogens with one attached hydrogen (secondary N) is 2. The summed E-state index contributed by atoms with van der Waals surface area (Å²) in [6, 6.07) is 2.16. The van der Waals surface area contributed by atoms with E-state index in [0.29, 0.717) is 11.7 Å². The van der Waals surface area contributed by atoms with Crippen LogP contribution in [-0.2, 0) is 0 Å². The molecular formula is C24H31N5S. The number of hydrogen-bond donors (Lipinski definition) is 3. The van der Waals surface area contributed by atoms with E-state index in [1.54, 1.807) is 4.88 Å². The van der Waals surface area contributed by atoms with Crippen LogP contribution >= 0.6 is 11.3 Å². The Labute approximate surface area is 182 Å². The Kier molecular flexibility index (Phi) is 4.94. The fourth-order valence-electron chi connectivity index (χ4n) is 5.73. The lowest BCUT2D eigenvalue weighted by Crippen LogP contribution is -2.11. The fourth-order valence-corrected chi connectivity index (χ4v) is 7.09. The summed E-state index contributed by atoms with van der Waals surface area (Å²) in [5, 5.41) is 5.02. The van der Waals surface area contributed by atoms with E-state index in [-0.39, 0.29) is 0 Å². The van der Waals surface area contributed by atoms with Crippen LogP contribution in [0.3, 0.4) is 0 Å². The number of nitrogens with two attached hydrogens (primary N) is 1. The maximum Gasteiger partial charge on any atom is 0.156 e. The lowest BCUT2D eigenvalue weighted by molar-refractivity contribution is 0.494. The molecule has 0 spiro atoms. The van der Waals surface area contributed by atoms with Gasteiger partial charge in [-0.15, -0.1) is 11.3 Å². The molecule has 2 atom stereocenters. The lowest BCUT2D eigenvalue weighted by atomic mass is 9.93. The maximum atomic E-state index is 5.45. The molecular weight excluding hydrogens is 390 g/mol. The minimum Gasteiger partial charge on any atom is -0.390 e. The number of rotatable bonds is 4. The van der Waals surface area contributed by atoms with Gasteiger partial charge in [0.15, 0.2) is 5.82 Å². The van der Waals surface area contributed by atoms with Gasteiger partial charge >= 0.3 is 0 Å². The Balaban J connectivity index is 1.58. The van der Waals surface area contributed by atoms with Crippen molar-refractivity contribution in [1.82, 2.24) is 15.3 Å². The quantitative estimate of drug-likeness (QED) is 0.392. The SMILES string of the molecule is Cc1cc(-c2[nH]c3sc(C4CC5CNCC5C4)c(C)c3c2C(C)C)cnc1N=CN. The van der Waals surface area contributed by atoms with Crippen molar-refractivity contribution in [3.63, 3.8) is 0 Å². The van der Waals surface area contributed by atoms with E-state index >= 15 is 0 Å². The van der Waals surface area contributed by atoms with Crippen LogP contribution in [0.5, 0.6) is 0 Å². The second-order valence-corrected chi connectivity index (χ2v) is 10.4. The summed E-state index contributed by atoms with van der Waals surface area (Å²) in [5.74, 6) is 3.59. The fraction of sp³-hybridized carbons (Fsp3) is 0.500. The zero-order valence-electron chi connectivity index (χ0n) is 18.2. The largest absolute Gasteiger partial charge is 0.390 e. The number of aryl methyl sites for hydroxylation is 2. The lowest BCUT2D eigenvalue weighted by Gasteiger charge is -2.13. The molecule has 0 aromatic carbocycles. The van der Waals surface area contributed by atoms with Crippen molar-refractivity contribution in [2.24, 2.45) is 22.6 Å². The van der Waals surface area contributed by atoms with Crippen molar-refractivity contribution >= 4 is 33.7 Å². The van der Waals surface area contributed by atoms with Gasteiger partial charge in [-0.2, -0.15) is 0 Å². The summed E-state index contributed by atoms with van der Waals surface area (Å²) in [4.78, 5) is 15.4. The summed E-state index contributed by atoms with van der Waals surface area (Å²) in [6.07, 6.45) is 5.91. The number of H-pyrrole nitrogens is 1. The van der Waals surface area contributed by atoms with E-state index in [1.807, 2.05) is 24.5 Å². The van der Waals surface area contributed by atoms with Crippen molar-refractivity contribution in [2.75, 3.05) is 13.1 Å². The normalized spacial score (nSPS) is 24.0. The molecule has 158 valence electrons. The molecule has 1 saturated carbocycles. The standard InChI is InChI=1S/C24H31N5S/c1-12(2)19-20-14(4)22(15-6-16-8-26-9-17(16)7-15)30-24(20)29-21(19)18-5-13(3)23(27-10-18)28-11-25/h5,10-12,15-17,26,29H,6-9H2,1-4H3,(H2,25,27,28). The monoisotopic (exact) mass is 421 g/mol. The summed E-state index contributed by atoms with van der Waals surface area (Å²) in [5.41, 5.74) is 11.7. The third kappa shape index (κ3) is 3.08. The smallest absolute Gasteiger partial charge is 0.156 e. The molecule has 5 nitrogen and oxygen atoms in total. The molecule has 6 heteroatoms. The first-order chi connectivity index (χ1) is 14.5. The molecule has 1 aliphatic heterocycles. The molecule has 0 radical (unpaired) electrons. The van der Waals surface area contributed by atoms with Gasteiger partial charge in [-0.3, -0.25) is 0 Å². The van der Waals surface area contributed by atoms with Gasteiger partial charge in [-0.05, 0) is 86.2 Å². The Bertz CT molecular complexity index is 1110. The van der Waals surface area contributed by atoms with Gasteiger partial charge in [0.1, 0.15) is 4.83 Å². The first-order valence-corrected chi connectivity index (χ1v) is 11.9. The number of aromatic nitrogens is 2. The minimum atomic E-state index is 0.434. The number of hydrogen-bond acceptors (Lipinski definition) is 4. The highest BCUT2D eigenvalue weighted by Gasteiger charge is 2.39. The number of pyridine rings is 1. The zero-order chi connectivity index (χ0) is 21.0. The van der Waals surface area contributed by atoms with E-state index in [9.17, 15) is 0 Å². The average Bonchev–Trinajstić information content (AvgIpc) is 3.43. The average molecular weight is 422 g/mol. The van der Waals surface area contributed by atoms with Crippen LogP contribution in [0.2, 0.25) is 0 Å². The van der Waals surface area contributed by atoms with Crippen molar-refractivity contribution < 1.29 is 0 Å². The van der Waals surface area contributed by atoms with Crippen molar-refractivity contribution in [2.45, 2.75) is 52.4 Å². The van der Waals surface area contributed by atoms with Gasteiger partial charge in [-0.25, -0.2) is 9.98 Å². The molecule has 1 aliphatic carbocycles. The first kappa shape index (κ1) is 19.8. The first-order valence-electron chi connectivity index (χ1n) is 11.0. The Hall–Kier alpha value is -2.18. The Morgan fingerprint density at radius 2 is 1.97 bits per heavy atom. The molecule has 4 heterocycles. The van der Waals surface area contributed by atoms with E-state index in [4.69, 9.17) is 5.73 Å². The predicted octanol–water partition coefficient (Wildman–Crippen LogP) is 5.36. The number of aromatic amines is 1. The van der Waals surface area contributed by atoms with Crippen LogP contribution in [0.4, 0.5) is 5.82 Å². The van der Waals surface area contributed by atoms with Crippen molar-refractivity contribution in [1.29, 1.82) is 0 Å². The van der Waals surface area contributed by atoms with Gasteiger partial charge in [0.2, 0.25) is 0 Å². The number of nitrogens with zero attached hydrogens (tertiary/aromatic N) is 2. The number of thiophene rings is 1. The molecule has 5 rings (SSSR count). The van der Waals surface area contributed by atoms with Crippen molar-refractivity contribution in [3.05, 3.63) is 33.8 Å². The highest BCUT2D eigenvalue weighted by atomic mass is 32.1. The third-order valence-electron chi connectivity index (χ3n) is 7.10. The highest BCUT2D eigenvalue weighted by Crippen LogP contribution is 2.50. The Morgan fingerprint density at radius 1 is 1.23 bits per heavy atom. The van der Waals surface area contributed by atoms with E-state index < -0.39 is 0 Å². The second kappa shape index (κ2) is 7.50. The molecule has 0 bridgehead atoms. The molecule has 2 unspecified atom stereocenters. The molecule has 2 fully saturated rings. The van der Waals surface area contributed by atoms with Gasteiger partial charge in [0.25, 0.3) is 0 Å². The molecule has 30 heavy (non-hydrogen) atoms. The maximum absolute atomic E-state index is 5.45. The van der Waals surface area contributed by atoms with E-state index in [2.05, 4.69) is 47.1 Å². The summed E-state index contributed by atoms with van der Waals surface area (Å²) in [6.45, 7) is 11.4. The van der Waals surface area contributed by atoms with Gasteiger partial charge in [0.05, 0.1) is 12.0 Å². The van der Waals surface area contributed by atoms with Gasteiger partial charge in [-0.1, -0.05) is 13.8 Å². The molecule has 2 aliphatic rings. The third-order valence-corrected chi connectivity index (χ3v) is 8.47. The number of aliphatic imine (C=N–C) groups is 1. The van der Waals surface area contributed by atoms with Crippen LogP contribution < -0.4 is 11.1 Å². The van der Waals surface area contributed by atoms with Crippen LogP contribution in [0.25, 0.3) is 21.5 Å². The number of fused-ring (bicyclic) bond motifs is 2. The van der Waals surface area contributed by atoms with Crippen LogP contribution in [0.15, 0.2) is 17.3 Å². The summed E-state index contributed by atoms with van der Waals surface area (Å²) < 4.78 is 0. The van der Waals surface area contributed by atoms with E-state index in [1.165, 1.54) is 59.3 Å². The van der Waals surface area contributed by atoms with Gasteiger partial charge < -0.3 is 16.0 Å². The molecule has 3 aromatic rings. The van der Waals surface area contributed by atoms with E-state index in [0.717, 1.165) is 28.9 Å². The van der Waals surface area contributed by atoms with Crippen LogP contribution in [0.1, 0.15) is 60.1 Å². The Morgan fingerprint density at radius 3 is 2.60 bits per heavy atom. The van der Waals surface area contributed by atoms with Crippen LogP contribution in [0, 0.1) is 25.7 Å². The van der Waals surface area contributed by atoms with Crippen molar-refractivity contribution in [3.8, 4) is 11.3 Å². The summed E-state index contributed by atoms with van der Waals surface area (Å²) in [7, 11) is 0. The minimum absolute atomic E-state index is 0.434. The topological polar surface area (TPSA) is 79.1 Å². The molecule has 1 saturated heterocycles. The molecule has 4 N–H and O–H groups in total. The van der Waals surface area contributed by atoms with Gasteiger partial charge in [0, 0.05) is 22.0 Å². The molecule has 3 aromatic heterocycles.